The molecule has 0 unspecified atom stereocenters. The molecule has 4 nitrogen and oxygen atoms in total. The van der Waals surface area contributed by atoms with Gasteiger partial charge in [-0.25, -0.2) is 4.79 Å². The second kappa shape index (κ2) is 18.4. The van der Waals surface area contributed by atoms with Crippen LogP contribution >= 0.6 is 0 Å². The summed E-state index contributed by atoms with van der Waals surface area (Å²) in [5.41, 5.74) is 0. The van der Waals surface area contributed by atoms with Gasteiger partial charge in [0, 0.05) is 0 Å². The van der Waals surface area contributed by atoms with E-state index in [1.807, 2.05) is 0 Å². The Balaban J connectivity index is 0. The summed E-state index contributed by atoms with van der Waals surface area (Å²) in [6.07, 6.45) is 14.4. The highest BCUT2D eigenvalue weighted by molar-refractivity contribution is 5.67. The number of aliphatic hydroxyl groups excluding tert-OH is 1. The third kappa shape index (κ3) is 26.1. The molecular weight excluding hydrogens is 254 g/mol. The Hall–Kier alpha value is -0.610. The number of nitrogens with zero attached hydrogens (tertiary/aromatic N) is 1. The Morgan fingerprint density at radius 3 is 1.50 bits per heavy atom. The van der Waals surface area contributed by atoms with E-state index in [-0.39, 0.29) is 0 Å². The lowest BCUT2D eigenvalue weighted by Gasteiger charge is -2.08. The van der Waals surface area contributed by atoms with Crippen LogP contribution in [0.15, 0.2) is 0 Å². The average molecular weight is 289 g/mol. The highest BCUT2D eigenvalue weighted by Crippen LogP contribution is 2.10. The van der Waals surface area contributed by atoms with Crippen LogP contribution in [0.5, 0.6) is 0 Å². The van der Waals surface area contributed by atoms with E-state index in [1.165, 1.54) is 70.8 Å². The van der Waals surface area contributed by atoms with Crippen molar-refractivity contribution < 1.29 is 15.0 Å². The third-order valence-electron chi connectivity index (χ3n) is 3.09. The van der Waals surface area contributed by atoms with Gasteiger partial charge in [0.2, 0.25) is 0 Å². The van der Waals surface area contributed by atoms with Crippen molar-refractivity contribution in [3.05, 3.63) is 0 Å². The minimum atomic E-state index is -1.19. The minimum Gasteiger partial charge on any atom is -0.480 e. The largest absolute Gasteiger partial charge is 0.480 e. The monoisotopic (exact) mass is 289 g/mol. The topological polar surface area (TPSA) is 60.8 Å². The Bertz CT molecular complexity index is 196. The summed E-state index contributed by atoms with van der Waals surface area (Å²) >= 11 is 0. The molecule has 0 spiro atoms. The standard InChI is InChI=1S/C14H31N.C2H4O3/c1-4-5-6-7-8-9-10-11-12-13-14-15(2)3;3-1-2(4)5/h4-14H2,1-3H3;3H,1H2,(H,4,5). The second-order valence-electron chi connectivity index (χ2n) is 5.54. The summed E-state index contributed by atoms with van der Waals surface area (Å²) in [6, 6.07) is 0. The van der Waals surface area contributed by atoms with Crippen molar-refractivity contribution in [3.63, 3.8) is 0 Å². The van der Waals surface area contributed by atoms with E-state index >= 15 is 0 Å². The smallest absolute Gasteiger partial charge is 0.329 e. The van der Waals surface area contributed by atoms with Crippen molar-refractivity contribution in [3.8, 4) is 0 Å². The van der Waals surface area contributed by atoms with Crippen molar-refractivity contribution in [2.24, 2.45) is 0 Å². The van der Waals surface area contributed by atoms with Gasteiger partial charge >= 0.3 is 5.97 Å². The molecule has 20 heavy (non-hydrogen) atoms. The predicted octanol–water partition coefficient (Wildman–Crippen LogP) is 3.53. The fraction of sp³-hybridized carbons (Fsp3) is 0.938. The molecule has 0 aliphatic carbocycles. The molecule has 0 saturated heterocycles. The number of hydrogen-bond acceptors (Lipinski definition) is 3. The summed E-state index contributed by atoms with van der Waals surface area (Å²) < 4.78 is 0. The normalized spacial score (nSPS) is 10.2. The molecule has 0 rings (SSSR count). The Morgan fingerprint density at radius 2 is 1.20 bits per heavy atom. The number of carboxylic acid groups (broad SMARTS) is 1. The van der Waals surface area contributed by atoms with Gasteiger partial charge in [0.05, 0.1) is 0 Å². The Labute approximate surface area is 125 Å². The molecule has 0 aliphatic heterocycles. The molecule has 0 aromatic carbocycles. The van der Waals surface area contributed by atoms with E-state index < -0.39 is 12.6 Å². The van der Waals surface area contributed by atoms with Gasteiger partial charge in [-0.05, 0) is 27.1 Å². The molecule has 122 valence electrons. The van der Waals surface area contributed by atoms with E-state index in [2.05, 4.69) is 25.9 Å². The van der Waals surface area contributed by atoms with Crippen LogP contribution < -0.4 is 0 Å². The molecular formula is C16H35NO3. The third-order valence-corrected chi connectivity index (χ3v) is 3.09. The quantitative estimate of drug-likeness (QED) is 0.540. The van der Waals surface area contributed by atoms with Gasteiger partial charge in [-0.15, -0.1) is 0 Å². The summed E-state index contributed by atoms with van der Waals surface area (Å²) in [4.78, 5) is 11.4. The van der Waals surface area contributed by atoms with E-state index in [1.54, 1.807) is 0 Å². The fourth-order valence-electron chi connectivity index (χ4n) is 1.92. The lowest BCUT2D eigenvalue weighted by atomic mass is 10.1. The van der Waals surface area contributed by atoms with Crippen LogP contribution in [-0.2, 0) is 4.79 Å². The van der Waals surface area contributed by atoms with Crippen LogP contribution in [0.25, 0.3) is 0 Å². The highest BCUT2D eigenvalue weighted by atomic mass is 16.4. The fourth-order valence-corrected chi connectivity index (χ4v) is 1.92. The van der Waals surface area contributed by atoms with Crippen molar-refractivity contribution in [2.75, 3.05) is 27.2 Å². The van der Waals surface area contributed by atoms with Crippen molar-refractivity contribution >= 4 is 5.97 Å². The molecule has 0 aromatic rings. The lowest BCUT2D eigenvalue weighted by molar-refractivity contribution is -0.140. The summed E-state index contributed by atoms with van der Waals surface area (Å²) in [6.45, 7) is 2.77. The molecule has 2 N–H and O–H groups in total. The van der Waals surface area contributed by atoms with Gasteiger partial charge in [-0.2, -0.15) is 0 Å². The van der Waals surface area contributed by atoms with E-state index in [9.17, 15) is 0 Å². The Morgan fingerprint density at radius 1 is 0.850 bits per heavy atom. The van der Waals surface area contributed by atoms with Gasteiger partial charge in [-0.1, -0.05) is 64.7 Å². The molecule has 0 atom stereocenters. The maximum absolute atomic E-state index is 9.12. The molecule has 0 radical (unpaired) electrons. The van der Waals surface area contributed by atoms with Gasteiger partial charge in [-0.3, -0.25) is 0 Å². The first-order valence-corrected chi connectivity index (χ1v) is 8.02. The number of carboxylic acids is 1. The number of aliphatic carboxylic acids is 1. The maximum Gasteiger partial charge on any atom is 0.329 e. The number of hydrogen-bond donors (Lipinski definition) is 2. The molecule has 0 heterocycles. The molecule has 0 bridgehead atoms. The molecule has 0 saturated carbocycles. The average Bonchev–Trinajstić information content (AvgIpc) is 2.41. The van der Waals surface area contributed by atoms with Gasteiger partial charge < -0.3 is 15.1 Å². The summed E-state index contributed by atoms with van der Waals surface area (Å²) in [7, 11) is 4.32. The van der Waals surface area contributed by atoms with Crippen LogP contribution in [0.3, 0.4) is 0 Å². The highest BCUT2D eigenvalue weighted by Gasteiger charge is 1.93. The zero-order valence-electron chi connectivity index (χ0n) is 13.7. The SMILES string of the molecule is CCCCCCCCCCCCN(C)C.O=C(O)CO. The van der Waals surface area contributed by atoms with Gasteiger partial charge in [0.25, 0.3) is 0 Å². The predicted molar refractivity (Wildman–Crippen MR) is 85.1 cm³/mol. The minimum absolute atomic E-state index is 0.778. The number of aliphatic hydroxyl groups is 1. The summed E-state index contributed by atoms with van der Waals surface area (Å²) in [5.74, 6) is -1.19. The van der Waals surface area contributed by atoms with Crippen molar-refractivity contribution in [1.82, 2.24) is 4.90 Å². The van der Waals surface area contributed by atoms with Crippen molar-refractivity contribution in [1.29, 1.82) is 0 Å². The summed E-state index contributed by atoms with van der Waals surface area (Å²) in [5, 5.41) is 15.0. The first-order valence-electron chi connectivity index (χ1n) is 8.02. The molecule has 4 heteroatoms. The number of carbonyl (C=O) groups is 1. The molecule has 0 aliphatic rings. The van der Waals surface area contributed by atoms with E-state index in [0.717, 1.165) is 0 Å². The zero-order chi connectivity index (χ0) is 15.6. The molecule has 0 aromatic heterocycles. The lowest BCUT2D eigenvalue weighted by Crippen LogP contribution is -2.12. The van der Waals surface area contributed by atoms with Gasteiger partial charge in [0.15, 0.2) is 0 Å². The second-order valence-corrected chi connectivity index (χ2v) is 5.54. The first-order chi connectivity index (χ1) is 9.54. The van der Waals surface area contributed by atoms with Crippen LogP contribution in [0.4, 0.5) is 0 Å². The number of unbranched alkanes of at least 4 members (excludes halogenated alkanes) is 9. The van der Waals surface area contributed by atoms with Crippen LogP contribution in [0.2, 0.25) is 0 Å². The van der Waals surface area contributed by atoms with Crippen LogP contribution in [-0.4, -0.2) is 48.3 Å². The maximum atomic E-state index is 9.12. The number of rotatable bonds is 12. The van der Waals surface area contributed by atoms with Crippen molar-refractivity contribution in [2.45, 2.75) is 71.1 Å². The molecule has 0 amide bonds. The zero-order valence-corrected chi connectivity index (χ0v) is 13.7. The van der Waals surface area contributed by atoms with Crippen LogP contribution in [0.1, 0.15) is 71.1 Å². The molecule has 0 fully saturated rings. The first kappa shape index (κ1) is 21.7. The van der Waals surface area contributed by atoms with E-state index in [0.29, 0.717) is 0 Å². The Kier molecular flexibility index (Phi) is 19.9. The van der Waals surface area contributed by atoms with Gasteiger partial charge in [0.1, 0.15) is 6.61 Å². The van der Waals surface area contributed by atoms with Crippen LogP contribution in [0, 0.1) is 0 Å². The van der Waals surface area contributed by atoms with E-state index in [4.69, 9.17) is 15.0 Å².